The van der Waals surface area contributed by atoms with E-state index in [9.17, 15) is 24.5 Å². The zero-order chi connectivity index (χ0) is 17.4. The van der Waals surface area contributed by atoms with Gasteiger partial charge in [0.15, 0.2) is 0 Å². The molecule has 0 radical (unpaired) electrons. The molecule has 0 aliphatic carbocycles. The van der Waals surface area contributed by atoms with Crippen LogP contribution in [-0.4, -0.2) is 27.7 Å². The highest BCUT2D eigenvalue weighted by Crippen LogP contribution is 2.25. The van der Waals surface area contributed by atoms with Crippen LogP contribution in [0.3, 0.4) is 0 Å². The van der Waals surface area contributed by atoms with Crippen molar-refractivity contribution >= 4 is 35.0 Å². The van der Waals surface area contributed by atoms with E-state index in [-0.39, 0.29) is 21.7 Å². The SMILES string of the molecule is O=C(NN1C(=O)c2ccccc2C1=O)c1ccc(Cl)c([N+](=O)[O-])c1. The summed E-state index contributed by atoms with van der Waals surface area (Å²) in [7, 11) is 0. The van der Waals surface area contributed by atoms with Crippen LogP contribution in [0.15, 0.2) is 42.5 Å². The fraction of sp³-hybridized carbons (Fsp3) is 0. The summed E-state index contributed by atoms with van der Waals surface area (Å²) in [6.07, 6.45) is 0. The number of rotatable bonds is 3. The predicted molar refractivity (Wildman–Crippen MR) is 82.5 cm³/mol. The number of nitro groups is 1. The van der Waals surface area contributed by atoms with Gasteiger partial charge in [0, 0.05) is 11.6 Å². The topological polar surface area (TPSA) is 110 Å². The van der Waals surface area contributed by atoms with E-state index in [4.69, 9.17) is 11.6 Å². The molecular formula is C15H8ClN3O5. The molecule has 120 valence electrons. The summed E-state index contributed by atoms with van der Waals surface area (Å²) in [6, 6.07) is 9.54. The quantitative estimate of drug-likeness (QED) is 0.521. The van der Waals surface area contributed by atoms with Gasteiger partial charge in [-0.1, -0.05) is 23.7 Å². The van der Waals surface area contributed by atoms with Crippen molar-refractivity contribution in [3.8, 4) is 0 Å². The van der Waals surface area contributed by atoms with Crippen molar-refractivity contribution in [2.45, 2.75) is 0 Å². The van der Waals surface area contributed by atoms with E-state index in [1.54, 1.807) is 12.1 Å². The van der Waals surface area contributed by atoms with Crippen molar-refractivity contribution in [3.05, 3.63) is 74.3 Å². The Kier molecular flexibility index (Phi) is 3.74. The molecule has 0 aromatic heterocycles. The first-order chi connectivity index (χ1) is 11.4. The lowest BCUT2D eigenvalue weighted by atomic mass is 10.1. The van der Waals surface area contributed by atoms with Gasteiger partial charge in [0.25, 0.3) is 23.4 Å². The number of benzene rings is 2. The Morgan fingerprint density at radius 1 is 1.08 bits per heavy atom. The number of nitro benzene ring substituents is 1. The minimum atomic E-state index is -0.843. The van der Waals surface area contributed by atoms with Crippen LogP contribution in [0.1, 0.15) is 31.1 Å². The summed E-state index contributed by atoms with van der Waals surface area (Å²) in [4.78, 5) is 46.7. The zero-order valence-electron chi connectivity index (χ0n) is 11.9. The number of imide groups is 1. The third-order valence-electron chi connectivity index (χ3n) is 3.41. The molecule has 1 N–H and O–H groups in total. The lowest BCUT2D eigenvalue weighted by Crippen LogP contribution is -2.45. The second kappa shape index (κ2) is 5.74. The third kappa shape index (κ3) is 2.48. The fourth-order valence-electron chi connectivity index (χ4n) is 2.25. The first-order valence-electron chi connectivity index (χ1n) is 6.63. The van der Waals surface area contributed by atoms with E-state index < -0.39 is 28.3 Å². The molecular weight excluding hydrogens is 338 g/mol. The third-order valence-corrected chi connectivity index (χ3v) is 3.73. The molecule has 1 heterocycles. The van der Waals surface area contributed by atoms with E-state index in [1.165, 1.54) is 24.3 Å². The van der Waals surface area contributed by atoms with Crippen molar-refractivity contribution in [3.63, 3.8) is 0 Å². The van der Waals surface area contributed by atoms with Gasteiger partial charge >= 0.3 is 0 Å². The number of hydrogen-bond donors (Lipinski definition) is 1. The van der Waals surface area contributed by atoms with Crippen molar-refractivity contribution < 1.29 is 19.3 Å². The molecule has 0 saturated heterocycles. The summed E-state index contributed by atoms with van der Waals surface area (Å²) >= 11 is 5.68. The minimum absolute atomic E-state index is 0.109. The largest absolute Gasteiger partial charge is 0.288 e. The number of halogens is 1. The average molecular weight is 346 g/mol. The van der Waals surface area contributed by atoms with Crippen LogP contribution in [0, 0.1) is 10.1 Å². The summed E-state index contributed by atoms with van der Waals surface area (Å²) in [5, 5.41) is 11.3. The Hall–Kier alpha value is -3.26. The van der Waals surface area contributed by atoms with Gasteiger partial charge in [-0.25, -0.2) is 0 Å². The molecule has 0 bridgehead atoms. The van der Waals surface area contributed by atoms with Crippen LogP contribution in [-0.2, 0) is 0 Å². The molecule has 0 atom stereocenters. The number of carbonyl (C=O) groups excluding carboxylic acids is 3. The second-order valence-electron chi connectivity index (χ2n) is 4.86. The van der Waals surface area contributed by atoms with Crippen LogP contribution in [0.5, 0.6) is 0 Å². The van der Waals surface area contributed by atoms with Crippen molar-refractivity contribution in [2.75, 3.05) is 0 Å². The molecule has 3 amide bonds. The summed E-state index contributed by atoms with van der Waals surface area (Å²) in [6.45, 7) is 0. The van der Waals surface area contributed by atoms with Crippen LogP contribution in [0.4, 0.5) is 5.69 Å². The first-order valence-corrected chi connectivity index (χ1v) is 7.00. The van der Waals surface area contributed by atoms with Gasteiger partial charge in [0.05, 0.1) is 16.1 Å². The summed E-state index contributed by atoms with van der Waals surface area (Å²) in [5.74, 6) is -2.19. The molecule has 1 aliphatic rings. The number of carbonyl (C=O) groups is 3. The summed E-state index contributed by atoms with van der Waals surface area (Å²) < 4.78 is 0. The van der Waals surface area contributed by atoms with Crippen molar-refractivity contribution in [1.82, 2.24) is 10.4 Å². The van der Waals surface area contributed by atoms with Crippen LogP contribution in [0.25, 0.3) is 0 Å². The van der Waals surface area contributed by atoms with E-state index in [0.717, 1.165) is 6.07 Å². The first kappa shape index (κ1) is 15.6. The number of nitrogens with zero attached hydrogens (tertiary/aromatic N) is 2. The highest BCUT2D eigenvalue weighted by molar-refractivity contribution is 6.32. The maximum absolute atomic E-state index is 12.2. The van der Waals surface area contributed by atoms with E-state index in [2.05, 4.69) is 5.43 Å². The lowest BCUT2D eigenvalue weighted by Gasteiger charge is -2.15. The van der Waals surface area contributed by atoms with E-state index in [0.29, 0.717) is 5.01 Å². The maximum atomic E-state index is 12.2. The highest BCUT2D eigenvalue weighted by Gasteiger charge is 2.36. The van der Waals surface area contributed by atoms with Gasteiger partial charge in [-0.15, -0.1) is 0 Å². The van der Waals surface area contributed by atoms with Gasteiger partial charge in [-0.2, -0.15) is 5.01 Å². The normalized spacial score (nSPS) is 13.0. The molecule has 24 heavy (non-hydrogen) atoms. The van der Waals surface area contributed by atoms with E-state index in [1.807, 2.05) is 0 Å². The Bertz CT molecular complexity index is 877. The Morgan fingerprint density at radius 2 is 1.67 bits per heavy atom. The number of nitrogens with one attached hydrogen (secondary N) is 1. The van der Waals surface area contributed by atoms with Crippen LogP contribution in [0.2, 0.25) is 5.02 Å². The molecule has 0 fully saturated rings. The van der Waals surface area contributed by atoms with Gasteiger partial charge in [0.1, 0.15) is 5.02 Å². The van der Waals surface area contributed by atoms with Crippen molar-refractivity contribution in [1.29, 1.82) is 0 Å². The average Bonchev–Trinajstić information content (AvgIpc) is 2.80. The zero-order valence-corrected chi connectivity index (χ0v) is 12.6. The second-order valence-corrected chi connectivity index (χ2v) is 5.26. The Labute approximate surface area is 139 Å². The molecule has 3 rings (SSSR count). The minimum Gasteiger partial charge on any atom is -0.267 e. The van der Waals surface area contributed by atoms with Crippen molar-refractivity contribution in [2.24, 2.45) is 0 Å². The molecule has 2 aromatic carbocycles. The maximum Gasteiger partial charge on any atom is 0.288 e. The summed E-state index contributed by atoms with van der Waals surface area (Å²) in [5.41, 5.74) is 1.94. The lowest BCUT2D eigenvalue weighted by molar-refractivity contribution is -0.384. The smallest absolute Gasteiger partial charge is 0.267 e. The van der Waals surface area contributed by atoms with E-state index >= 15 is 0 Å². The molecule has 0 spiro atoms. The molecule has 2 aromatic rings. The molecule has 8 nitrogen and oxygen atoms in total. The highest BCUT2D eigenvalue weighted by atomic mass is 35.5. The Morgan fingerprint density at radius 3 is 2.21 bits per heavy atom. The monoisotopic (exact) mass is 345 g/mol. The number of fused-ring (bicyclic) bond motifs is 1. The molecule has 9 heteroatoms. The Balaban J connectivity index is 1.87. The van der Waals surface area contributed by atoms with Crippen LogP contribution < -0.4 is 5.43 Å². The molecule has 1 aliphatic heterocycles. The number of amides is 3. The predicted octanol–water partition coefficient (Wildman–Crippen LogP) is 2.19. The van der Waals surface area contributed by atoms with Gasteiger partial charge in [0.2, 0.25) is 0 Å². The number of hydrogen-bond acceptors (Lipinski definition) is 5. The van der Waals surface area contributed by atoms with Gasteiger partial charge in [-0.3, -0.25) is 29.9 Å². The van der Waals surface area contributed by atoms with Gasteiger partial charge in [-0.05, 0) is 24.3 Å². The van der Waals surface area contributed by atoms with Gasteiger partial charge < -0.3 is 0 Å². The molecule has 0 unspecified atom stereocenters. The fourth-order valence-corrected chi connectivity index (χ4v) is 2.44. The van der Waals surface area contributed by atoms with Crippen LogP contribution >= 0.6 is 11.6 Å². The number of hydrazine groups is 1. The molecule has 0 saturated carbocycles. The standard InChI is InChI=1S/C15H8ClN3O5/c16-11-6-5-8(7-12(11)19(23)24)13(20)17-18-14(21)9-3-1-2-4-10(9)15(18)22/h1-7H,(H,17,20).